The van der Waals surface area contributed by atoms with Gasteiger partial charge in [0.1, 0.15) is 0 Å². The molecule has 1 aliphatic heterocycles. The number of benzene rings is 1. The summed E-state index contributed by atoms with van der Waals surface area (Å²) < 4.78 is 41.3. The maximum Gasteiger partial charge on any atom is 0.573 e. The van der Waals surface area contributed by atoms with Crippen LogP contribution in [-0.2, 0) is 0 Å². The second kappa shape index (κ2) is 5.28. The van der Waals surface area contributed by atoms with Crippen molar-refractivity contribution in [2.24, 2.45) is 0 Å². The molecule has 0 aromatic heterocycles. The smallest absolute Gasteiger partial charge is 0.404 e. The molecule has 2 atom stereocenters. The van der Waals surface area contributed by atoms with Crippen LogP contribution in [0.25, 0.3) is 0 Å². The van der Waals surface area contributed by atoms with Crippen molar-refractivity contribution >= 4 is 5.69 Å². The number of alkyl halides is 3. The van der Waals surface area contributed by atoms with Gasteiger partial charge in [-0.25, -0.2) is 0 Å². The van der Waals surface area contributed by atoms with Gasteiger partial charge in [-0.1, -0.05) is 12.1 Å². The normalized spacial score (nSPS) is 24.4. The summed E-state index contributed by atoms with van der Waals surface area (Å²) in [5, 5.41) is 3.29. The lowest BCUT2D eigenvalue weighted by Gasteiger charge is -2.39. The number of nitrogens with one attached hydrogen (secondary N) is 1. The average molecular weight is 274 g/mol. The fraction of sp³-hybridized carbons (Fsp3) is 0.538. The molecule has 1 saturated heterocycles. The summed E-state index contributed by atoms with van der Waals surface area (Å²) in [6.45, 7) is 5.37. The zero-order valence-electron chi connectivity index (χ0n) is 10.9. The molecule has 1 aromatic rings. The Kier molecular flexibility index (Phi) is 3.89. The highest BCUT2D eigenvalue weighted by atomic mass is 19.4. The maximum atomic E-state index is 12.4. The zero-order chi connectivity index (χ0) is 14.0. The Morgan fingerprint density at radius 2 is 1.95 bits per heavy atom. The van der Waals surface area contributed by atoms with E-state index in [0.29, 0.717) is 12.2 Å². The lowest BCUT2D eigenvalue weighted by atomic mass is 10.1. The highest BCUT2D eigenvalue weighted by Crippen LogP contribution is 2.34. The van der Waals surface area contributed by atoms with E-state index in [9.17, 15) is 13.2 Å². The molecule has 0 radical (unpaired) electrons. The van der Waals surface area contributed by atoms with E-state index in [2.05, 4.69) is 10.1 Å². The van der Waals surface area contributed by atoms with Gasteiger partial charge in [-0.3, -0.25) is 0 Å². The summed E-state index contributed by atoms with van der Waals surface area (Å²) in [6, 6.07) is 6.63. The Morgan fingerprint density at radius 1 is 1.26 bits per heavy atom. The summed E-state index contributed by atoms with van der Waals surface area (Å²) in [5.41, 5.74) is 0.487. The van der Waals surface area contributed by atoms with Crippen molar-refractivity contribution in [1.29, 1.82) is 0 Å². The van der Waals surface area contributed by atoms with Crippen LogP contribution in [-0.4, -0.2) is 31.5 Å². The number of piperazine rings is 1. The van der Waals surface area contributed by atoms with Crippen LogP contribution >= 0.6 is 0 Å². The molecular weight excluding hydrogens is 257 g/mol. The summed E-state index contributed by atoms with van der Waals surface area (Å²) in [5.74, 6) is -0.143. The molecule has 0 spiro atoms. The van der Waals surface area contributed by atoms with Crippen molar-refractivity contribution in [2.45, 2.75) is 32.3 Å². The number of anilines is 1. The Labute approximate surface area is 110 Å². The fourth-order valence-electron chi connectivity index (χ4n) is 2.26. The minimum Gasteiger partial charge on any atom is -0.404 e. The predicted octanol–water partition coefficient (Wildman–Crippen LogP) is 2.77. The lowest BCUT2D eigenvalue weighted by molar-refractivity contribution is -0.274. The third-order valence-corrected chi connectivity index (χ3v) is 3.16. The molecule has 0 bridgehead atoms. The van der Waals surface area contributed by atoms with E-state index < -0.39 is 6.36 Å². The number of hydrogen-bond donors (Lipinski definition) is 1. The second-order valence-electron chi connectivity index (χ2n) is 4.83. The molecule has 6 heteroatoms. The minimum absolute atomic E-state index is 0.120. The topological polar surface area (TPSA) is 24.5 Å². The number of hydrogen-bond acceptors (Lipinski definition) is 3. The van der Waals surface area contributed by atoms with Gasteiger partial charge < -0.3 is 15.0 Å². The maximum absolute atomic E-state index is 12.4. The highest BCUT2D eigenvalue weighted by Gasteiger charge is 2.33. The van der Waals surface area contributed by atoms with E-state index in [1.807, 2.05) is 18.7 Å². The Hall–Kier alpha value is -1.43. The van der Waals surface area contributed by atoms with Gasteiger partial charge in [0.25, 0.3) is 0 Å². The van der Waals surface area contributed by atoms with Crippen LogP contribution in [0.2, 0.25) is 0 Å². The third-order valence-electron chi connectivity index (χ3n) is 3.16. The van der Waals surface area contributed by atoms with Crippen LogP contribution < -0.4 is 15.0 Å². The van der Waals surface area contributed by atoms with Crippen LogP contribution in [0.1, 0.15) is 13.8 Å². The summed E-state index contributed by atoms with van der Waals surface area (Å²) >= 11 is 0. The van der Waals surface area contributed by atoms with Crippen LogP contribution in [0.4, 0.5) is 18.9 Å². The van der Waals surface area contributed by atoms with E-state index in [4.69, 9.17) is 0 Å². The van der Waals surface area contributed by atoms with Gasteiger partial charge in [-0.2, -0.15) is 0 Å². The molecule has 0 saturated carbocycles. The van der Waals surface area contributed by atoms with Crippen LogP contribution in [0.15, 0.2) is 24.3 Å². The van der Waals surface area contributed by atoms with E-state index >= 15 is 0 Å². The van der Waals surface area contributed by atoms with E-state index in [1.165, 1.54) is 6.07 Å². The lowest BCUT2D eigenvalue weighted by Crippen LogP contribution is -2.54. The van der Waals surface area contributed by atoms with Gasteiger partial charge in [0, 0.05) is 25.2 Å². The number of rotatable bonds is 2. The minimum atomic E-state index is -4.67. The van der Waals surface area contributed by atoms with Gasteiger partial charge in [-0.05, 0) is 26.0 Å². The molecule has 0 aliphatic carbocycles. The van der Waals surface area contributed by atoms with Crippen molar-refractivity contribution in [3.8, 4) is 5.75 Å². The van der Waals surface area contributed by atoms with E-state index in [0.717, 1.165) is 6.54 Å². The first kappa shape index (κ1) is 14.0. The molecule has 19 heavy (non-hydrogen) atoms. The third kappa shape index (κ3) is 3.53. The van der Waals surface area contributed by atoms with Crippen molar-refractivity contribution in [3.05, 3.63) is 24.3 Å². The van der Waals surface area contributed by atoms with Crippen molar-refractivity contribution in [1.82, 2.24) is 5.32 Å². The van der Waals surface area contributed by atoms with Gasteiger partial charge in [-0.15, -0.1) is 13.2 Å². The van der Waals surface area contributed by atoms with E-state index in [1.54, 1.807) is 18.2 Å². The Balaban J connectivity index is 2.28. The SMILES string of the molecule is CC1CN(c2ccccc2OC(F)(F)F)C(C)CN1. The van der Waals surface area contributed by atoms with Gasteiger partial charge >= 0.3 is 6.36 Å². The first-order chi connectivity index (χ1) is 8.87. The number of halogens is 3. The van der Waals surface area contributed by atoms with Gasteiger partial charge in [0.2, 0.25) is 0 Å². The average Bonchev–Trinajstić information content (AvgIpc) is 2.31. The number of ether oxygens (including phenoxy) is 1. The van der Waals surface area contributed by atoms with Crippen molar-refractivity contribution < 1.29 is 17.9 Å². The second-order valence-corrected chi connectivity index (χ2v) is 4.83. The highest BCUT2D eigenvalue weighted by molar-refractivity contribution is 5.59. The van der Waals surface area contributed by atoms with Crippen molar-refractivity contribution in [2.75, 3.05) is 18.0 Å². The molecule has 2 unspecified atom stereocenters. The van der Waals surface area contributed by atoms with Gasteiger partial charge in [0.15, 0.2) is 5.75 Å². The Bertz CT molecular complexity index is 436. The van der Waals surface area contributed by atoms with Crippen LogP contribution in [0.5, 0.6) is 5.75 Å². The Morgan fingerprint density at radius 3 is 2.63 bits per heavy atom. The summed E-state index contributed by atoms with van der Waals surface area (Å²) in [4.78, 5) is 1.95. The molecule has 1 aromatic carbocycles. The summed E-state index contributed by atoms with van der Waals surface area (Å²) in [7, 11) is 0. The molecule has 106 valence electrons. The van der Waals surface area contributed by atoms with Crippen LogP contribution in [0.3, 0.4) is 0 Å². The quantitative estimate of drug-likeness (QED) is 0.897. The zero-order valence-corrected chi connectivity index (χ0v) is 10.9. The fourth-order valence-corrected chi connectivity index (χ4v) is 2.26. The number of nitrogens with zero attached hydrogens (tertiary/aromatic N) is 1. The molecule has 2 rings (SSSR count). The van der Waals surface area contributed by atoms with Gasteiger partial charge in [0.05, 0.1) is 5.69 Å². The standard InChI is InChI=1S/C13H17F3N2O/c1-9-8-18(10(2)7-17-9)11-5-3-4-6-12(11)19-13(14,15)16/h3-6,9-10,17H,7-8H2,1-2H3. The first-order valence-corrected chi connectivity index (χ1v) is 6.21. The van der Waals surface area contributed by atoms with Crippen molar-refractivity contribution in [3.63, 3.8) is 0 Å². The molecule has 1 aliphatic rings. The first-order valence-electron chi connectivity index (χ1n) is 6.21. The molecule has 1 fully saturated rings. The molecule has 0 amide bonds. The number of para-hydroxylation sites is 2. The molecule has 1 heterocycles. The monoisotopic (exact) mass is 274 g/mol. The van der Waals surface area contributed by atoms with Crippen LogP contribution in [0, 0.1) is 0 Å². The molecule has 1 N–H and O–H groups in total. The molecular formula is C13H17F3N2O. The summed E-state index contributed by atoms with van der Waals surface area (Å²) in [6.07, 6.45) is -4.67. The van der Waals surface area contributed by atoms with E-state index in [-0.39, 0.29) is 17.8 Å². The largest absolute Gasteiger partial charge is 0.573 e. The molecule has 3 nitrogen and oxygen atoms in total. The predicted molar refractivity (Wildman–Crippen MR) is 67.4 cm³/mol.